The highest BCUT2D eigenvalue weighted by Crippen LogP contribution is 2.28. The van der Waals surface area contributed by atoms with E-state index >= 15 is 0 Å². The van der Waals surface area contributed by atoms with E-state index in [9.17, 15) is 9.59 Å². The monoisotopic (exact) mass is 434 g/mol. The number of amides is 1. The van der Waals surface area contributed by atoms with Crippen LogP contribution >= 0.6 is 23.2 Å². The number of esters is 1. The summed E-state index contributed by atoms with van der Waals surface area (Å²) in [4.78, 5) is 24.2. The van der Waals surface area contributed by atoms with Crippen molar-refractivity contribution < 1.29 is 19.1 Å². The molecule has 1 amide bonds. The first-order valence-electron chi connectivity index (χ1n) is 8.25. The predicted molar refractivity (Wildman–Crippen MR) is 111 cm³/mol. The highest BCUT2D eigenvalue weighted by atomic mass is 35.5. The summed E-state index contributed by atoms with van der Waals surface area (Å²) in [7, 11) is 1.42. The van der Waals surface area contributed by atoms with Gasteiger partial charge in [0.25, 0.3) is 5.91 Å². The first-order valence-corrected chi connectivity index (χ1v) is 9.00. The number of methoxy groups -OCH3 is 1. The Labute approximate surface area is 177 Å². The molecule has 2 aromatic rings. The summed E-state index contributed by atoms with van der Waals surface area (Å²) in [5.74, 6) is -0.993. The Morgan fingerprint density at radius 1 is 1.17 bits per heavy atom. The zero-order chi connectivity index (χ0) is 21.4. The standard InChI is InChI=1S/C19H16Cl2N4O4/c1-3-29-19(27)16(10-22)25-24-15-8-11(4-7-17(15)28-2)18(26)23-14-9-12(20)5-6-13(14)21/h4-9,24H,3H2,1-2H3,(H,23,26). The summed E-state index contributed by atoms with van der Waals surface area (Å²) in [6.45, 7) is 1.71. The lowest BCUT2D eigenvalue weighted by molar-refractivity contribution is -0.134. The lowest BCUT2D eigenvalue weighted by Gasteiger charge is -2.11. The van der Waals surface area contributed by atoms with E-state index in [1.165, 1.54) is 31.4 Å². The van der Waals surface area contributed by atoms with Crippen molar-refractivity contribution in [3.05, 3.63) is 52.0 Å². The maximum absolute atomic E-state index is 12.6. The molecule has 0 spiro atoms. The van der Waals surface area contributed by atoms with Gasteiger partial charge in [-0.1, -0.05) is 23.2 Å². The Bertz CT molecular complexity index is 1000. The average Bonchev–Trinajstić information content (AvgIpc) is 2.71. The van der Waals surface area contributed by atoms with Crippen LogP contribution in [0.15, 0.2) is 41.5 Å². The SMILES string of the molecule is CCOC(=O)C(C#N)=NNc1cc(C(=O)Nc2cc(Cl)ccc2Cl)ccc1OC. The Balaban J connectivity index is 2.28. The molecule has 0 bridgehead atoms. The van der Waals surface area contributed by atoms with Gasteiger partial charge in [-0.25, -0.2) is 4.79 Å². The van der Waals surface area contributed by atoms with Crippen LogP contribution in [0.3, 0.4) is 0 Å². The lowest BCUT2D eigenvalue weighted by Crippen LogP contribution is -2.17. The van der Waals surface area contributed by atoms with E-state index in [-0.39, 0.29) is 17.9 Å². The zero-order valence-electron chi connectivity index (χ0n) is 15.5. The molecule has 0 aliphatic carbocycles. The van der Waals surface area contributed by atoms with Crippen molar-refractivity contribution in [1.29, 1.82) is 5.26 Å². The molecule has 0 aliphatic rings. The van der Waals surface area contributed by atoms with E-state index in [1.807, 2.05) is 0 Å². The van der Waals surface area contributed by atoms with E-state index < -0.39 is 17.6 Å². The molecular formula is C19H16Cl2N4O4. The molecule has 0 saturated heterocycles. The Hall–Kier alpha value is -3.28. The van der Waals surface area contributed by atoms with Crippen LogP contribution in [0.4, 0.5) is 11.4 Å². The predicted octanol–water partition coefficient (Wildman–Crippen LogP) is 4.11. The molecule has 10 heteroatoms. The maximum atomic E-state index is 12.6. The number of hydrogen-bond acceptors (Lipinski definition) is 7. The van der Waals surface area contributed by atoms with Crippen LogP contribution in [0.25, 0.3) is 0 Å². The third-order valence-electron chi connectivity index (χ3n) is 3.50. The highest BCUT2D eigenvalue weighted by Gasteiger charge is 2.15. The minimum absolute atomic E-state index is 0.102. The molecule has 2 aromatic carbocycles. The van der Waals surface area contributed by atoms with Gasteiger partial charge in [0.05, 0.1) is 30.1 Å². The van der Waals surface area contributed by atoms with Crippen molar-refractivity contribution in [2.45, 2.75) is 6.92 Å². The van der Waals surface area contributed by atoms with Crippen molar-refractivity contribution in [1.82, 2.24) is 0 Å². The summed E-state index contributed by atoms with van der Waals surface area (Å²) < 4.78 is 9.94. The second-order valence-electron chi connectivity index (χ2n) is 5.40. The number of benzene rings is 2. The number of ether oxygens (including phenoxy) is 2. The van der Waals surface area contributed by atoms with Crippen LogP contribution in [0.2, 0.25) is 10.0 Å². The van der Waals surface area contributed by atoms with Crippen LogP contribution in [0.5, 0.6) is 5.75 Å². The van der Waals surface area contributed by atoms with E-state index in [0.29, 0.717) is 21.5 Å². The van der Waals surface area contributed by atoms with E-state index in [0.717, 1.165) is 0 Å². The van der Waals surface area contributed by atoms with E-state index in [2.05, 4.69) is 15.8 Å². The van der Waals surface area contributed by atoms with Gasteiger partial charge in [-0.3, -0.25) is 10.2 Å². The van der Waals surface area contributed by atoms with Crippen molar-refractivity contribution in [2.75, 3.05) is 24.5 Å². The van der Waals surface area contributed by atoms with Crippen LogP contribution in [0, 0.1) is 11.3 Å². The molecule has 0 fully saturated rings. The quantitative estimate of drug-likeness (QED) is 0.385. The van der Waals surface area contributed by atoms with E-state index in [1.54, 1.807) is 25.1 Å². The summed E-state index contributed by atoms with van der Waals surface area (Å²) in [5.41, 5.74) is 2.92. The topological polar surface area (TPSA) is 113 Å². The van der Waals surface area contributed by atoms with Gasteiger partial charge in [0.1, 0.15) is 11.8 Å². The van der Waals surface area contributed by atoms with Gasteiger partial charge in [0.15, 0.2) is 0 Å². The highest BCUT2D eigenvalue weighted by molar-refractivity contribution is 6.43. The molecule has 0 unspecified atom stereocenters. The third-order valence-corrected chi connectivity index (χ3v) is 4.07. The Morgan fingerprint density at radius 3 is 2.59 bits per heavy atom. The number of nitriles is 1. The van der Waals surface area contributed by atoms with Crippen LogP contribution < -0.4 is 15.5 Å². The van der Waals surface area contributed by atoms with Crippen LogP contribution in [-0.4, -0.2) is 31.3 Å². The van der Waals surface area contributed by atoms with Gasteiger partial charge in [-0.15, -0.1) is 0 Å². The Morgan fingerprint density at radius 2 is 1.93 bits per heavy atom. The molecular weight excluding hydrogens is 419 g/mol. The molecule has 0 radical (unpaired) electrons. The minimum atomic E-state index is -0.869. The normalized spacial score (nSPS) is 10.7. The lowest BCUT2D eigenvalue weighted by atomic mass is 10.1. The fourth-order valence-electron chi connectivity index (χ4n) is 2.16. The van der Waals surface area contributed by atoms with Gasteiger partial charge < -0.3 is 14.8 Å². The van der Waals surface area contributed by atoms with Gasteiger partial charge in [-0.2, -0.15) is 10.4 Å². The molecule has 2 N–H and O–H groups in total. The number of halogens is 2. The van der Waals surface area contributed by atoms with Crippen LogP contribution in [-0.2, 0) is 9.53 Å². The summed E-state index contributed by atoms with van der Waals surface area (Å²) in [5, 5.41) is 16.2. The second-order valence-corrected chi connectivity index (χ2v) is 6.24. The maximum Gasteiger partial charge on any atom is 0.369 e. The number of nitrogens with zero attached hydrogens (tertiary/aromatic N) is 2. The van der Waals surface area contributed by atoms with Crippen molar-refractivity contribution in [2.24, 2.45) is 5.10 Å². The fourth-order valence-corrected chi connectivity index (χ4v) is 2.49. The second kappa shape index (κ2) is 10.3. The van der Waals surface area contributed by atoms with E-state index in [4.69, 9.17) is 37.9 Å². The van der Waals surface area contributed by atoms with Crippen molar-refractivity contribution in [3.8, 4) is 11.8 Å². The molecule has 0 saturated carbocycles. The molecule has 8 nitrogen and oxygen atoms in total. The van der Waals surface area contributed by atoms with Crippen molar-refractivity contribution >= 4 is 52.2 Å². The molecule has 0 atom stereocenters. The molecule has 29 heavy (non-hydrogen) atoms. The smallest absolute Gasteiger partial charge is 0.369 e. The number of anilines is 2. The van der Waals surface area contributed by atoms with Crippen molar-refractivity contribution in [3.63, 3.8) is 0 Å². The number of carbonyl (C=O) groups excluding carboxylic acids is 2. The first-order chi connectivity index (χ1) is 13.9. The molecule has 0 aliphatic heterocycles. The van der Waals surface area contributed by atoms with Gasteiger partial charge >= 0.3 is 5.97 Å². The van der Waals surface area contributed by atoms with Gasteiger partial charge in [0.2, 0.25) is 5.71 Å². The summed E-state index contributed by atoms with van der Waals surface area (Å²) >= 11 is 12.0. The summed E-state index contributed by atoms with van der Waals surface area (Å²) in [6, 6.07) is 10.8. The molecule has 150 valence electrons. The first kappa shape index (κ1) is 22.0. The van der Waals surface area contributed by atoms with Crippen LogP contribution in [0.1, 0.15) is 17.3 Å². The van der Waals surface area contributed by atoms with Gasteiger partial charge in [0, 0.05) is 10.6 Å². The number of hydrazone groups is 1. The Kier molecular flexibility index (Phi) is 7.83. The number of nitrogens with one attached hydrogen (secondary N) is 2. The minimum Gasteiger partial charge on any atom is -0.495 e. The summed E-state index contributed by atoms with van der Waals surface area (Å²) in [6.07, 6.45) is 0. The zero-order valence-corrected chi connectivity index (χ0v) is 17.0. The third kappa shape index (κ3) is 5.85. The number of carbonyl (C=O) groups is 2. The number of hydrogen-bond donors (Lipinski definition) is 2. The average molecular weight is 435 g/mol. The molecule has 0 heterocycles. The molecule has 2 rings (SSSR count). The molecule has 0 aromatic heterocycles. The number of rotatable bonds is 7. The fraction of sp³-hybridized carbons (Fsp3) is 0.158. The van der Waals surface area contributed by atoms with Gasteiger partial charge in [-0.05, 0) is 43.3 Å². The largest absolute Gasteiger partial charge is 0.495 e.